The molecule has 0 saturated heterocycles. The van der Waals surface area contributed by atoms with Crippen LogP contribution >= 0.6 is 11.3 Å². The molecule has 6 nitrogen and oxygen atoms in total. The van der Waals surface area contributed by atoms with Crippen LogP contribution in [-0.2, 0) is 4.79 Å². The van der Waals surface area contributed by atoms with E-state index < -0.39 is 6.10 Å². The maximum atomic E-state index is 13.3. The SMILES string of the molecule is CC1Oc2ccc(Nc3ncnc4scc(-c5ccc(F)cc5)c34)cc2NC1=O. The Kier molecular flexibility index (Phi) is 4.13. The fourth-order valence-corrected chi connectivity index (χ4v) is 4.15. The molecule has 3 heterocycles. The summed E-state index contributed by atoms with van der Waals surface area (Å²) in [6.45, 7) is 1.70. The zero-order chi connectivity index (χ0) is 20.0. The van der Waals surface area contributed by atoms with E-state index in [4.69, 9.17) is 4.74 Å². The Morgan fingerprint density at radius 2 is 2.00 bits per heavy atom. The molecule has 0 saturated carbocycles. The van der Waals surface area contributed by atoms with Crippen molar-refractivity contribution in [2.45, 2.75) is 13.0 Å². The predicted molar refractivity (Wildman–Crippen MR) is 111 cm³/mol. The molecular weight excluding hydrogens is 391 g/mol. The first-order valence-corrected chi connectivity index (χ1v) is 9.83. The number of nitrogens with one attached hydrogen (secondary N) is 2. The molecular formula is C21H15FN4O2S. The summed E-state index contributed by atoms with van der Waals surface area (Å²) in [5.41, 5.74) is 3.16. The minimum Gasteiger partial charge on any atom is -0.479 e. The summed E-state index contributed by atoms with van der Waals surface area (Å²) in [5, 5.41) is 8.99. The summed E-state index contributed by atoms with van der Waals surface area (Å²) in [5.74, 6) is 0.788. The Balaban J connectivity index is 1.55. The van der Waals surface area contributed by atoms with Gasteiger partial charge in [-0.1, -0.05) is 12.1 Å². The maximum absolute atomic E-state index is 13.3. The van der Waals surface area contributed by atoms with Crippen LogP contribution in [0.4, 0.5) is 21.6 Å². The Bertz CT molecular complexity index is 1240. The molecule has 2 aromatic carbocycles. The van der Waals surface area contributed by atoms with Gasteiger partial charge >= 0.3 is 0 Å². The van der Waals surface area contributed by atoms with Crippen molar-refractivity contribution >= 4 is 44.7 Å². The van der Waals surface area contributed by atoms with Crippen molar-refractivity contribution in [2.24, 2.45) is 0 Å². The minimum absolute atomic E-state index is 0.185. The Labute approximate surface area is 169 Å². The lowest BCUT2D eigenvalue weighted by molar-refractivity contribution is -0.122. The van der Waals surface area contributed by atoms with Gasteiger partial charge in [0.1, 0.15) is 28.5 Å². The molecule has 1 amide bonds. The number of carbonyl (C=O) groups is 1. The van der Waals surface area contributed by atoms with E-state index >= 15 is 0 Å². The summed E-state index contributed by atoms with van der Waals surface area (Å²) in [7, 11) is 0. The van der Waals surface area contributed by atoms with E-state index in [1.54, 1.807) is 31.2 Å². The summed E-state index contributed by atoms with van der Waals surface area (Å²) in [6.07, 6.45) is 0.979. The lowest BCUT2D eigenvalue weighted by atomic mass is 10.1. The van der Waals surface area contributed by atoms with Crippen LogP contribution in [0.3, 0.4) is 0 Å². The molecule has 5 rings (SSSR count). The first kappa shape index (κ1) is 17.6. The molecule has 0 radical (unpaired) electrons. The molecule has 0 fully saturated rings. The quantitative estimate of drug-likeness (QED) is 0.503. The van der Waals surface area contributed by atoms with Crippen molar-refractivity contribution in [3.05, 3.63) is 60.0 Å². The second kappa shape index (κ2) is 6.82. The fraction of sp³-hybridized carbons (Fsp3) is 0.0952. The number of aromatic nitrogens is 2. The highest BCUT2D eigenvalue weighted by Gasteiger charge is 2.23. The average molecular weight is 406 g/mol. The fourth-order valence-electron chi connectivity index (χ4n) is 3.24. The van der Waals surface area contributed by atoms with E-state index in [1.165, 1.54) is 29.8 Å². The van der Waals surface area contributed by atoms with Gasteiger partial charge in [-0.05, 0) is 42.8 Å². The number of fused-ring (bicyclic) bond motifs is 2. The van der Waals surface area contributed by atoms with Crippen molar-refractivity contribution in [3.63, 3.8) is 0 Å². The number of halogens is 1. The molecule has 0 spiro atoms. The van der Waals surface area contributed by atoms with Crippen LogP contribution in [0.2, 0.25) is 0 Å². The number of hydrogen-bond donors (Lipinski definition) is 2. The highest BCUT2D eigenvalue weighted by Crippen LogP contribution is 2.38. The van der Waals surface area contributed by atoms with Crippen LogP contribution in [0.5, 0.6) is 5.75 Å². The highest BCUT2D eigenvalue weighted by atomic mass is 32.1. The second-order valence-electron chi connectivity index (χ2n) is 6.64. The van der Waals surface area contributed by atoms with Crippen molar-refractivity contribution in [2.75, 3.05) is 10.6 Å². The number of benzene rings is 2. The van der Waals surface area contributed by atoms with Crippen LogP contribution < -0.4 is 15.4 Å². The van der Waals surface area contributed by atoms with Crippen LogP contribution in [0.1, 0.15) is 6.92 Å². The Morgan fingerprint density at radius 3 is 2.83 bits per heavy atom. The monoisotopic (exact) mass is 406 g/mol. The molecule has 1 unspecified atom stereocenters. The molecule has 4 aromatic rings. The smallest absolute Gasteiger partial charge is 0.265 e. The van der Waals surface area contributed by atoms with Gasteiger partial charge in [-0.2, -0.15) is 0 Å². The number of amides is 1. The largest absolute Gasteiger partial charge is 0.479 e. The molecule has 1 aliphatic heterocycles. The predicted octanol–water partition coefficient (Wildman–Crippen LogP) is 4.96. The highest BCUT2D eigenvalue weighted by molar-refractivity contribution is 7.17. The van der Waals surface area contributed by atoms with E-state index in [-0.39, 0.29) is 11.7 Å². The van der Waals surface area contributed by atoms with Gasteiger partial charge in [0, 0.05) is 16.6 Å². The number of carbonyl (C=O) groups excluding carboxylic acids is 1. The molecule has 1 aliphatic rings. The second-order valence-corrected chi connectivity index (χ2v) is 7.50. The van der Waals surface area contributed by atoms with Gasteiger partial charge in [-0.25, -0.2) is 14.4 Å². The molecule has 29 heavy (non-hydrogen) atoms. The van der Waals surface area contributed by atoms with Gasteiger partial charge in [-0.3, -0.25) is 4.79 Å². The van der Waals surface area contributed by atoms with E-state index in [2.05, 4.69) is 20.6 Å². The summed E-state index contributed by atoms with van der Waals surface area (Å²) < 4.78 is 18.9. The number of thiophene rings is 1. The van der Waals surface area contributed by atoms with Crippen LogP contribution in [0.25, 0.3) is 21.3 Å². The molecule has 0 bridgehead atoms. The number of nitrogens with zero attached hydrogens (tertiary/aromatic N) is 2. The number of anilines is 3. The Hall–Kier alpha value is -3.52. The van der Waals surface area contributed by atoms with Crippen molar-refractivity contribution in [1.82, 2.24) is 9.97 Å². The van der Waals surface area contributed by atoms with Gasteiger partial charge in [0.25, 0.3) is 5.91 Å². The standard InChI is InChI=1S/C21H15FN4O2S/c1-11-20(27)26-16-8-14(6-7-17(16)28-11)25-19-18-15(9-29-21(18)24-10-23-19)12-2-4-13(22)5-3-12/h2-11H,1H3,(H,26,27)(H,23,24,25). The third-order valence-corrected chi connectivity index (χ3v) is 5.58. The number of ether oxygens (including phenoxy) is 1. The average Bonchev–Trinajstić information content (AvgIpc) is 3.15. The minimum atomic E-state index is -0.521. The zero-order valence-corrected chi connectivity index (χ0v) is 16.1. The number of hydrogen-bond acceptors (Lipinski definition) is 6. The lowest BCUT2D eigenvalue weighted by Gasteiger charge is -2.23. The third-order valence-electron chi connectivity index (χ3n) is 4.70. The van der Waals surface area contributed by atoms with Gasteiger partial charge in [-0.15, -0.1) is 11.3 Å². The van der Waals surface area contributed by atoms with Crippen molar-refractivity contribution in [1.29, 1.82) is 0 Å². The lowest BCUT2D eigenvalue weighted by Crippen LogP contribution is -2.34. The molecule has 2 aromatic heterocycles. The van der Waals surface area contributed by atoms with Crippen molar-refractivity contribution < 1.29 is 13.9 Å². The normalized spacial score (nSPS) is 15.5. The summed E-state index contributed by atoms with van der Waals surface area (Å²) >= 11 is 1.50. The van der Waals surface area contributed by atoms with Gasteiger partial charge < -0.3 is 15.4 Å². The molecule has 8 heteroatoms. The maximum Gasteiger partial charge on any atom is 0.265 e. The summed E-state index contributed by atoms with van der Waals surface area (Å²) in [4.78, 5) is 21.5. The van der Waals surface area contributed by atoms with Crippen LogP contribution in [-0.4, -0.2) is 22.0 Å². The van der Waals surface area contributed by atoms with Crippen LogP contribution in [0.15, 0.2) is 54.2 Å². The molecule has 144 valence electrons. The molecule has 1 atom stereocenters. The first-order chi connectivity index (χ1) is 14.1. The molecule has 2 N–H and O–H groups in total. The zero-order valence-electron chi connectivity index (χ0n) is 15.3. The van der Waals surface area contributed by atoms with E-state index in [0.29, 0.717) is 17.3 Å². The first-order valence-electron chi connectivity index (χ1n) is 8.95. The van der Waals surface area contributed by atoms with E-state index in [0.717, 1.165) is 27.0 Å². The van der Waals surface area contributed by atoms with E-state index in [1.807, 2.05) is 11.4 Å². The number of rotatable bonds is 3. The molecule has 0 aliphatic carbocycles. The van der Waals surface area contributed by atoms with Gasteiger partial charge in [0.2, 0.25) is 0 Å². The van der Waals surface area contributed by atoms with Crippen LogP contribution in [0, 0.1) is 5.82 Å². The third kappa shape index (κ3) is 3.17. The van der Waals surface area contributed by atoms with Gasteiger partial charge in [0.05, 0.1) is 11.1 Å². The van der Waals surface area contributed by atoms with Gasteiger partial charge in [0.15, 0.2) is 6.10 Å². The Morgan fingerprint density at radius 1 is 1.17 bits per heavy atom. The van der Waals surface area contributed by atoms with Crippen molar-refractivity contribution in [3.8, 4) is 16.9 Å². The van der Waals surface area contributed by atoms with E-state index in [9.17, 15) is 9.18 Å². The summed E-state index contributed by atoms with van der Waals surface area (Å²) in [6, 6.07) is 11.8. The topological polar surface area (TPSA) is 76.1 Å².